The fraction of sp³-hybridized carbons (Fsp3) is 0.444. The molecule has 0 atom stereocenters. The maximum atomic E-state index is 13.4. The first-order valence-electron chi connectivity index (χ1n) is 5.45. The van der Waals surface area contributed by atoms with E-state index in [0.29, 0.717) is 12.7 Å². The zero-order valence-corrected chi connectivity index (χ0v) is 11.4. The standard InChI is InChI=1S/C9H2F10N4S/c10-3(7(11,12)13)4-6(8(14,15)16,9(17,18)19)24-5(22-4)23-2-20-1-21-23/h1-2H/b4-3+. The van der Waals surface area contributed by atoms with Crippen molar-refractivity contribution in [2.24, 2.45) is 4.99 Å². The molecule has 0 aromatic carbocycles. The van der Waals surface area contributed by atoms with Crippen LogP contribution in [0, 0.1) is 0 Å². The van der Waals surface area contributed by atoms with Crippen LogP contribution in [0.3, 0.4) is 0 Å². The Balaban J connectivity index is 2.80. The molecule has 4 nitrogen and oxygen atoms in total. The van der Waals surface area contributed by atoms with Gasteiger partial charge in [-0.1, -0.05) is 11.8 Å². The van der Waals surface area contributed by atoms with Crippen LogP contribution in [0.5, 0.6) is 0 Å². The van der Waals surface area contributed by atoms with E-state index in [9.17, 15) is 43.9 Å². The number of hydrogen-bond donors (Lipinski definition) is 0. The van der Waals surface area contributed by atoms with Gasteiger partial charge in [-0.3, -0.25) is 0 Å². The van der Waals surface area contributed by atoms with Gasteiger partial charge in [0.1, 0.15) is 18.4 Å². The zero-order valence-electron chi connectivity index (χ0n) is 10.6. The summed E-state index contributed by atoms with van der Waals surface area (Å²) in [6.45, 7) is 0. The quantitative estimate of drug-likeness (QED) is 0.635. The number of allylic oxidation sites excluding steroid dienone is 1. The van der Waals surface area contributed by atoms with Crippen molar-refractivity contribution in [3.8, 4) is 0 Å². The van der Waals surface area contributed by atoms with E-state index in [2.05, 4.69) is 15.1 Å². The number of aliphatic imine (C=N–C) groups is 1. The van der Waals surface area contributed by atoms with E-state index < -0.39 is 51.7 Å². The Hall–Kier alpha value is -1.80. The first kappa shape index (κ1) is 18.5. The van der Waals surface area contributed by atoms with Crippen LogP contribution in [0.4, 0.5) is 43.9 Å². The van der Waals surface area contributed by atoms with Crippen LogP contribution in [-0.2, 0) is 0 Å². The number of hydrogen-bond acceptors (Lipinski definition) is 4. The molecular formula is C9H2F10N4S. The highest BCUT2D eigenvalue weighted by Gasteiger charge is 2.78. The Morgan fingerprint density at radius 1 is 1.00 bits per heavy atom. The number of nitrogens with zero attached hydrogens (tertiary/aromatic N) is 4. The predicted octanol–water partition coefficient (Wildman–Crippen LogP) is 3.84. The van der Waals surface area contributed by atoms with Crippen molar-refractivity contribution in [3.63, 3.8) is 0 Å². The summed E-state index contributed by atoms with van der Waals surface area (Å²) in [7, 11) is 0. The van der Waals surface area contributed by atoms with E-state index in [1.54, 1.807) is 0 Å². The van der Waals surface area contributed by atoms with Crippen molar-refractivity contribution in [2.75, 3.05) is 0 Å². The highest BCUT2D eigenvalue weighted by Crippen LogP contribution is 2.61. The number of rotatable bonds is 0. The Kier molecular flexibility index (Phi) is 4.13. The molecule has 1 aromatic heterocycles. The summed E-state index contributed by atoms with van der Waals surface area (Å²) in [5.41, 5.74) is -2.84. The molecule has 2 heterocycles. The average molecular weight is 388 g/mol. The minimum absolute atomic E-state index is 0.257. The molecule has 1 aromatic rings. The van der Waals surface area contributed by atoms with E-state index in [1.165, 1.54) is 0 Å². The van der Waals surface area contributed by atoms with Gasteiger partial charge >= 0.3 is 18.5 Å². The Bertz CT molecular complexity index is 667. The molecule has 0 fully saturated rings. The van der Waals surface area contributed by atoms with Gasteiger partial charge in [0.05, 0.1) is 0 Å². The second kappa shape index (κ2) is 5.35. The molecule has 0 saturated heterocycles. The van der Waals surface area contributed by atoms with E-state index in [0.717, 1.165) is 0 Å². The summed E-state index contributed by atoms with van der Waals surface area (Å²) in [4.78, 5) is 5.79. The van der Waals surface area contributed by atoms with Crippen LogP contribution in [0.25, 0.3) is 0 Å². The molecule has 15 heteroatoms. The van der Waals surface area contributed by atoms with Crippen molar-refractivity contribution >= 4 is 16.9 Å². The molecule has 134 valence electrons. The molecule has 24 heavy (non-hydrogen) atoms. The summed E-state index contributed by atoms with van der Waals surface area (Å²) in [5, 5.41) is 1.91. The highest BCUT2D eigenvalue weighted by atomic mass is 32.2. The lowest BCUT2D eigenvalue weighted by atomic mass is 10.0. The van der Waals surface area contributed by atoms with Gasteiger partial charge in [-0.25, -0.2) is 9.98 Å². The summed E-state index contributed by atoms with van der Waals surface area (Å²) in [6.07, 6.45) is -17.5. The van der Waals surface area contributed by atoms with E-state index in [-0.39, 0.29) is 4.68 Å². The molecule has 0 amide bonds. The van der Waals surface area contributed by atoms with Gasteiger partial charge < -0.3 is 0 Å². The number of aromatic nitrogens is 3. The SMILES string of the molecule is F/C(=C1/N=C(n2cncn2)SC1(C(F)(F)F)C(F)(F)F)C(F)(F)F. The van der Waals surface area contributed by atoms with Gasteiger partial charge in [0.2, 0.25) is 5.83 Å². The molecule has 0 bridgehead atoms. The fourth-order valence-electron chi connectivity index (χ4n) is 1.67. The lowest BCUT2D eigenvalue weighted by Gasteiger charge is -2.33. The van der Waals surface area contributed by atoms with Crippen molar-refractivity contribution < 1.29 is 43.9 Å². The second-order valence-corrected chi connectivity index (χ2v) is 5.36. The first-order chi connectivity index (χ1) is 10.7. The van der Waals surface area contributed by atoms with Crippen LogP contribution < -0.4 is 0 Å². The van der Waals surface area contributed by atoms with Crippen LogP contribution in [0.2, 0.25) is 0 Å². The maximum Gasteiger partial charge on any atom is 0.444 e. The van der Waals surface area contributed by atoms with Gasteiger partial charge in [-0.15, -0.1) is 0 Å². The Morgan fingerprint density at radius 2 is 1.54 bits per heavy atom. The van der Waals surface area contributed by atoms with E-state index >= 15 is 0 Å². The lowest BCUT2D eigenvalue weighted by Crippen LogP contribution is -2.54. The van der Waals surface area contributed by atoms with Gasteiger partial charge in [0.15, 0.2) is 5.17 Å². The smallest absolute Gasteiger partial charge is 0.223 e. The van der Waals surface area contributed by atoms with Crippen LogP contribution >= 0.6 is 11.8 Å². The zero-order chi connectivity index (χ0) is 18.6. The molecule has 0 N–H and O–H groups in total. The molecule has 0 spiro atoms. The summed E-state index contributed by atoms with van der Waals surface area (Å²) >= 11 is -1.16. The maximum absolute atomic E-state index is 13.4. The van der Waals surface area contributed by atoms with Crippen LogP contribution in [0.15, 0.2) is 29.2 Å². The van der Waals surface area contributed by atoms with Crippen molar-refractivity contribution in [3.05, 3.63) is 24.2 Å². The Morgan fingerprint density at radius 3 is 1.92 bits per heavy atom. The molecule has 1 aliphatic rings. The molecule has 0 aliphatic carbocycles. The lowest BCUT2D eigenvalue weighted by molar-refractivity contribution is -0.253. The van der Waals surface area contributed by atoms with Gasteiger partial charge in [0, 0.05) is 0 Å². The Labute approximate surface area is 129 Å². The third-order valence-electron chi connectivity index (χ3n) is 2.66. The number of alkyl halides is 9. The summed E-state index contributed by atoms with van der Waals surface area (Å²) in [6, 6.07) is 0. The monoisotopic (exact) mass is 388 g/mol. The second-order valence-electron chi connectivity index (χ2n) is 4.17. The number of thioether (sulfide) groups is 1. The minimum atomic E-state index is -6.33. The topological polar surface area (TPSA) is 43.1 Å². The van der Waals surface area contributed by atoms with E-state index in [1.807, 2.05) is 0 Å². The minimum Gasteiger partial charge on any atom is -0.223 e. The summed E-state index contributed by atoms with van der Waals surface area (Å²) in [5.74, 6) is -3.60. The molecule has 1 aliphatic heterocycles. The normalized spacial score (nSPS) is 21.0. The van der Waals surface area contributed by atoms with Crippen LogP contribution in [0.1, 0.15) is 0 Å². The molecular weight excluding hydrogens is 386 g/mol. The van der Waals surface area contributed by atoms with E-state index in [4.69, 9.17) is 0 Å². The average Bonchev–Trinajstić information content (AvgIpc) is 3.02. The molecule has 2 rings (SSSR count). The predicted molar refractivity (Wildman–Crippen MR) is 59.5 cm³/mol. The third kappa shape index (κ3) is 2.73. The highest BCUT2D eigenvalue weighted by molar-refractivity contribution is 8.15. The fourth-order valence-corrected chi connectivity index (χ4v) is 2.73. The number of halogens is 10. The van der Waals surface area contributed by atoms with Crippen molar-refractivity contribution in [1.82, 2.24) is 14.8 Å². The van der Waals surface area contributed by atoms with Gasteiger partial charge in [0.25, 0.3) is 4.75 Å². The van der Waals surface area contributed by atoms with Crippen molar-refractivity contribution in [2.45, 2.75) is 23.3 Å². The molecule has 0 radical (unpaired) electrons. The summed E-state index contributed by atoms with van der Waals surface area (Å²) < 4.78 is 124. The van der Waals surface area contributed by atoms with Gasteiger partial charge in [-0.05, 0) is 0 Å². The molecule has 0 saturated carbocycles. The largest absolute Gasteiger partial charge is 0.444 e. The third-order valence-corrected chi connectivity index (χ3v) is 4.08. The van der Waals surface area contributed by atoms with Gasteiger partial charge in [-0.2, -0.15) is 53.7 Å². The van der Waals surface area contributed by atoms with Crippen LogP contribution in [-0.4, -0.2) is 43.2 Å². The van der Waals surface area contributed by atoms with Crippen molar-refractivity contribution in [1.29, 1.82) is 0 Å². The first-order valence-corrected chi connectivity index (χ1v) is 6.27. The molecule has 0 unspecified atom stereocenters.